The molecule has 0 radical (unpaired) electrons. The second kappa shape index (κ2) is 20.9. The van der Waals surface area contributed by atoms with Crippen LogP contribution in [0.25, 0.3) is 52.5 Å². The molecule has 0 aliphatic carbocycles. The molecule has 0 N–H and O–H groups in total. The Kier molecular flexibility index (Phi) is 13.8. The van der Waals surface area contributed by atoms with Crippen molar-refractivity contribution in [1.29, 1.82) is 0 Å². The predicted octanol–water partition coefficient (Wildman–Crippen LogP) is 23.6. The van der Waals surface area contributed by atoms with E-state index in [2.05, 4.69) is 313 Å². The number of hydrogen-bond donors (Lipinski definition) is 0. The normalized spacial score (nSPS) is 12.1. The van der Waals surface area contributed by atoms with E-state index in [-0.39, 0.29) is 16.2 Å². The molecule has 396 valence electrons. The molecule has 2 heterocycles. The number of para-hydroxylation sites is 1. The van der Waals surface area contributed by atoms with Crippen molar-refractivity contribution in [2.24, 2.45) is 0 Å². The van der Waals surface area contributed by atoms with Gasteiger partial charge in [-0.1, -0.05) is 207 Å². The van der Waals surface area contributed by atoms with Gasteiger partial charge in [-0.15, -0.1) is 22.7 Å². The Balaban J connectivity index is 1.14. The first-order chi connectivity index (χ1) is 38.5. The molecule has 0 saturated heterocycles. The summed E-state index contributed by atoms with van der Waals surface area (Å²) in [5.74, 6) is 0. The predicted molar refractivity (Wildman–Crippen MR) is 351 cm³/mol. The van der Waals surface area contributed by atoms with Crippen molar-refractivity contribution in [2.45, 2.75) is 78.6 Å². The summed E-state index contributed by atoms with van der Waals surface area (Å²) in [4.78, 5) is 7.21. The van der Waals surface area contributed by atoms with Crippen molar-refractivity contribution < 1.29 is 0 Å². The highest BCUT2D eigenvalue weighted by Crippen LogP contribution is 2.53. The first kappa shape index (κ1) is 52.8. The molecule has 0 aliphatic rings. The third-order valence-corrected chi connectivity index (χ3v) is 18.0. The first-order valence-electron chi connectivity index (χ1n) is 27.7. The zero-order chi connectivity index (χ0) is 55.5. The topological polar surface area (TPSA) is 9.72 Å². The molecular formula is C74H66ClN3S2. The molecule has 80 heavy (non-hydrogen) atoms. The molecule has 0 fully saturated rings. The monoisotopic (exact) mass is 1100 g/mol. The van der Waals surface area contributed by atoms with Gasteiger partial charge in [0.2, 0.25) is 0 Å². The average Bonchev–Trinajstić information content (AvgIpc) is 4.13. The third-order valence-electron chi connectivity index (χ3n) is 15.5. The van der Waals surface area contributed by atoms with E-state index in [9.17, 15) is 0 Å². The Bertz CT molecular complexity index is 4190. The fourth-order valence-electron chi connectivity index (χ4n) is 11.0. The Morgan fingerprint density at radius 2 is 0.800 bits per heavy atom. The van der Waals surface area contributed by atoms with Crippen LogP contribution in [0.1, 0.15) is 79.0 Å². The number of fused-ring (bicyclic) bond motifs is 4. The molecule has 6 heteroatoms. The maximum atomic E-state index is 8.42. The molecule has 10 aromatic carbocycles. The van der Waals surface area contributed by atoms with Crippen LogP contribution in [0.15, 0.2) is 236 Å². The molecule has 12 aromatic rings. The Hall–Kier alpha value is -7.93. The Labute approximate surface area is 485 Å². The van der Waals surface area contributed by atoms with Crippen LogP contribution in [0.4, 0.5) is 51.2 Å². The van der Waals surface area contributed by atoms with E-state index >= 15 is 0 Å². The van der Waals surface area contributed by atoms with Gasteiger partial charge in [0.1, 0.15) is 0 Å². The van der Waals surface area contributed by atoms with Gasteiger partial charge in [-0.05, 0) is 147 Å². The van der Waals surface area contributed by atoms with Crippen LogP contribution < -0.4 is 14.7 Å². The number of benzene rings is 10. The lowest BCUT2D eigenvalue weighted by molar-refractivity contribution is 0.590. The number of thiophene rings is 2. The SMILES string of the molecule is CC(C)(C)c1ccc(N(c2cccc(N(c3ccc4sc5ccccc5c4c3)c3cc(-c4ccccc4)cc(N(c4ccc(C(C)(C)C)cc4)c4csc5ccc(C(C)(C)C)cc45)c3Cl)c2)c2ccccc2-c2ccccc2)cc1. The van der Waals surface area contributed by atoms with Gasteiger partial charge in [0.05, 0.1) is 27.8 Å². The van der Waals surface area contributed by atoms with Gasteiger partial charge in [-0.3, -0.25) is 0 Å². The zero-order valence-electron chi connectivity index (χ0n) is 47.1. The highest BCUT2D eigenvalue weighted by Gasteiger charge is 2.29. The summed E-state index contributed by atoms with van der Waals surface area (Å²) in [6.45, 7) is 20.5. The number of anilines is 9. The van der Waals surface area contributed by atoms with E-state index in [1.54, 1.807) is 11.3 Å². The number of halogens is 1. The molecule has 0 aliphatic heterocycles. The van der Waals surface area contributed by atoms with Gasteiger partial charge in [-0.2, -0.15) is 0 Å². The molecule has 0 atom stereocenters. The lowest BCUT2D eigenvalue weighted by atomic mass is 9.86. The van der Waals surface area contributed by atoms with Crippen LogP contribution in [0.3, 0.4) is 0 Å². The summed E-state index contributed by atoms with van der Waals surface area (Å²) in [6.07, 6.45) is 0. The molecule has 0 unspecified atom stereocenters. The number of nitrogens with zero attached hydrogens (tertiary/aromatic N) is 3. The summed E-state index contributed by atoms with van der Waals surface area (Å²) in [6, 6.07) is 84.7. The fourth-order valence-corrected chi connectivity index (χ4v) is 13.3. The van der Waals surface area contributed by atoms with Crippen molar-refractivity contribution in [2.75, 3.05) is 14.7 Å². The minimum atomic E-state index is -0.0520. The van der Waals surface area contributed by atoms with E-state index in [0.29, 0.717) is 5.02 Å². The molecule has 2 aromatic heterocycles. The van der Waals surface area contributed by atoms with Crippen LogP contribution in [0, 0.1) is 0 Å². The van der Waals surface area contributed by atoms with Crippen LogP contribution in [-0.4, -0.2) is 0 Å². The van der Waals surface area contributed by atoms with Crippen LogP contribution in [0.2, 0.25) is 5.02 Å². The Morgan fingerprint density at radius 1 is 0.312 bits per heavy atom. The van der Waals surface area contributed by atoms with Crippen molar-refractivity contribution in [3.05, 3.63) is 258 Å². The lowest BCUT2D eigenvalue weighted by Crippen LogP contribution is -2.16. The van der Waals surface area contributed by atoms with Gasteiger partial charge in [0, 0.05) is 69.6 Å². The van der Waals surface area contributed by atoms with E-state index in [4.69, 9.17) is 11.6 Å². The maximum absolute atomic E-state index is 8.42. The summed E-state index contributed by atoms with van der Waals surface area (Å²) in [7, 11) is 0. The second-order valence-electron chi connectivity index (χ2n) is 24.1. The van der Waals surface area contributed by atoms with Gasteiger partial charge in [-0.25, -0.2) is 0 Å². The van der Waals surface area contributed by atoms with Crippen LogP contribution in [0.5, 0.6) is 0 Å². The van der Waals surface area contributed by atoms with E-state index in [1.807, 2.05) is 11.3 Å². The van der Waals surface area contributed by atoms with Crippen molar-refractivity contribution in [3.8, 4) is 22.3 Å². The van der Waals surface area contributed by atoms with E-state index in [0.717, 1.165) is 73.4 Å². The molecule has 0 spiro atoms. The molecule has 0 saturated carbocycles. The fraction of sp³-hybridized carbons (Fsp3) is 0.162. The smallest absolute Gasteiger partial charge is 0.0887 e. The van der Waals surface area contributed by atoms with Crippen LogP contribution >= 0.6 is 34.3 Å². The highest BCUT2D eigenvalue weighted by molar-refractivity contribution is 7.25. The van der Waals surface area contributed by atoms with Gasteiger partial charge >= 0.3 is 0 Å². The Morgan fingerprint density at radius 3 is 1.44 bits per heavy atom. The third kappa shape index (κ3) is 10.2. The molecule has 3 nitrogen and oxygen atoms in total. The first-order valence-corrected chi connectivity index (χ1v) is 29.7. The standard InChI is InChI=1S/C74H66ClN3S2/c1-72(2,3)52-31-36-55(37-32-52)76(64-29-18-16-27-60(64)50-23-14-11-15-24-50)57-25-20-26-58(46-57)77(59-40-42-70-62(47-59)61-28-17-19-30-69(61)80-70)65-43-51(49-21-12-10-13-22-49)44-66(71(65)75)78(56-38-33-53(34-39-56)73(4,5)6)67-48-79-68-41-35-54(45-63(67)68)74(7,8)9/h10-48H,1-9H3. The minimum Gasteiger partial charge on any atom is -0.310 e. The van der Waals surface area contributed by atoms with Crippen LogP contribution in [-0.2, 0) is 16.2 Å². The maximum Gasteiger partial charge on any atom is 0.0887 e. The molecule has 12 rings (SSSR count). The molecule has 0 amide bonds. The average molecular weight is 1100 g/mol. The highest BCUT2D eigenvalue weighted by atomic mass is 35.5. The second-order valence-corrected chi connectivity index (χ2v) is 26.4. The summed E-state index contributed by atoms with van der Waals surface area (Å²) >= 11 is 12.0. The quantitative estimate of drug-likeness (QED) is 0.128. The minimum absolute atomic E-state index is 0.00956. The summed E-state index contributed by atoms with van der Waals surface area (Å²) < 4.78 is 3.72. The number of rotatable bonds is 11. The van der Waals surface area contributed by atoms with E-state index < -0.39 is 0 Å². The number of hydrogen-bond acceptors (Lipinski definition) is 5. The summed E-state index contributed by atoms with van der Waals surface area (Å²) in [5.41, 5.74) is 17.1. The van der Waals surface area contributed by atoms with E-state index in [1.165, 1.54) is 46.9 Å². The lowest BCUT2D eigenvalue weighted by Gasteiger charge is -2.33. The van der Waals surface area contributed by atoms with Gasteiger partial charge < -0.3 is 14.7 Å². The van der Waals surface area contributed by atoms with Gasteiger partial charge in [0.25, 0.3) is 0 Å². The summed E-state index contributed by atoms with van der Waals surface area (Å²) in [5, 5.41) is 6.57. The van der Waals surface area contributed by atoms with Crippen molar-refractivity contribution in [1.82, 2.24) is 0 Å². The van der Waals surface area contributed by atoms with Crippen molar-refractivity contribution >= 4 is 116 Å². The molecular weight excluding hydrogens is 1030 g/mol. The van der Waals surface area contributed by atoms with Gasteiger partial charge in [0.15, 0.2) is 0 Å². The van der Waals surface area contributed by atoms with Crippen molar-refractivity contribution in [3.63, 3.8) is 0 Å². The zero-order valence-corrected chi connectivity index (χ0v) is 49.4. The largest absolute Gasteiger partial charge is 0.310 e. The molecule has 0 bridgehead atoms.